The minimum Gasteiger partial charge on any atom is -0.491 e. The van der Waals surface area contributed by atoms with E-state index in [4.69, 9.17) is 0 Å². The van der Waals surface area contributed by atoms with E-state index >= 15 is 0 Å². The van der Waals surface area contributed by atoms with Crippen molar-refractivity contribution < 1.29 is 18.3 Å². The van der Waals surface area contributed by atoms with Crippen LogP contribution in [0, 0.1) is 0 Å². The fourth-order valence-electron chi connectivity index (χ4n) is 0.992. The number of carbonyl (C=O) groups excluding carboxylic acids is 1. The summed E-state index contributed by atoms with van der Waals surface area (Å²) in [6.45, 7) is 0. The monoisotopic (exact) mass is 203 g/mol. The lowest BCUT2D eigenvalue weighted by Crippen LogP contribution is -2.15. The third-order valence-electron chi connectivity index (χ3n) is 1.65. The van der Waals surface area contributed by atoms with Crippen LogP contribution >= 0.6 is 0 Å². The van der Waals surface area contributed by atoms with Crippen molar-refractivity contribution >= 4 is 6.29 Å². The number of alkyl halides is 2. The average molecular weight is 203 g/mol. The summed E-state index contributed by atoms with van der Waals surface area (Å²) < 4.78 is 29.0. The number of nitrogens with one attached hydrogen (secondary N) is 1. The SMILES string of the molecule is COc1c(C=O)[nH]cc(C(F)F)c1=O. The van der Waals surface area contributed by atoms with E-state index in [1.165, 1.54) is 0 Å². The third kappa shape index (κ3) is 1.63. The van der Waals surface area contributed by atoms with E-state index in [1.807, 2.05) is 0 Å². The van der Waals surface area contributed by atoms with E-state index < -0.39 is 23.2 Å². The third-order valence-corrected chi connectivity index (χ3v) is 1.65. The zero-order valence-corrected chi connectivity index (χ0v) is 7.21. The van der Waals surface area contributed by atoms with Crippen LogP contribution in [0.3, 0.4) is 0 Å². The molecule has 0 bridgehead atoms. The topological polar surface area (TPSA) is 59.2 Å². The summed E-state index contributed by atoms with van der Waals surface area (Å²) in [5.41, 5.74) is -1.84. The quantitative estimate of drug-likeness (QED) is 0.749. The highest BCUT2D eigenvalue weighted by atomic mass is 19.3. The number of ether oxygens (including phenoxy) is 1. The molecule has 6 heteroatoms. The maximum absolute atomic E-state index is 12.2. The first-order valence-electron chi connectivity index (χ1n) is 3.64. The van der Waals surface area contributed by atoms with Gasteiger partial charge in [0.1, 0.15) is 5.69 Å². The fraction of sp³-hybridized carbons (Fsp3) is 0.250. The van der Waals surface area contributed by atoms with Crippen molar-refractivity contribution in [2.24, 2.45) is 0 Å². The lowest BCUT2D eigenvalue weighted by molar-refractivity contribution is 0.111. The van der Waals surface area contributed by atoms with Gasteiger partial charge in [0, 0.05) is 6.20 Å². The Labute approximate surface area is 77.5 Å². The van der Waals surface area contributed by atoms with Gasteiger partial charge in [0.25, 0.3) is 6.43 Å². The lowest BCUT2D eigenvalue weighted by Gasteiger charge is -2.04. The van der Waals surface area contributed by atoms with Gasteiger partial charge >= 0.3 is 0 Å². The molecule has 0 saturated heterocycles. The number of halogens is 2. The lowest BCUT2D eigenvalue weighted by atomic mass is 10.2. The van der Waals surface area contributed by atoms with Crippen molar-refractivity contribution in [3.8, 4) is 5.75 Å². The summed E-state index contributed by atoms with van der Waals surface area (Å²) in [5.74, 6) is -0.391. The van der Waals surface area contributed by atoms with Gasteiger partial charge in [-0.3, -0.25) is 9.59 Å². The molecule has 1 aromatic rings. The number of hydrogen-bond acceptors (Lipinski definition) is 3. The molecule has 0 amide bonds. The predicted octanol–water partition coefficient (Wildman–Crippen LogP) is 1.13. The van der Waals surface area contributed by atoms with Crippen LogP contribution in [0.4, 0.5) is 8.78 Å². The second-order valence-corrected chi connectivity index (χ2v) is 2.44. The van der Waals surface area contributed by atoms with Crippen LogP contribution in [0.15, 0.2) is 11.0 Å². The van der Waals surface area contributed by atoms with Crippen LogP contribution < -0.4 is 10.2 Å². The van der Waals surface area contributed by atoms with Crippen LogP contribution in [-0.4, -0.2) is 18.4 Å². The number of hydrogen-bond donors (Lipinski definition) is 1. The van der Waals surface area contributed by atoms with Crippen molar-refractivity contribution in [3.63, 3.8) is 0 Å². The van der Waals surface area contributed by atoms with E-state index in [1.54, 1.807) is 0 Å². The maximum atomic E-state index is 12.2. The number of aromatic amines is 1. The molecule has 0 atom stereocenters. The van der Waals surface area contributed by atoms with Crippen LogP contribution in [0.1, 0.15) is 22.5 Å². The average Bonchev–Trinajstić information content (AvgIpc) is 2.16. The molecule has 1 aromatic heterocycles. The minimum absolute atomic E-state index is 0.151. The highest BCUT2D eigenvalue weighted by Gasteiger charge is 2.17. The Morgan fingerprint density at radius 2 is 2.21 bits per heavy atom. The van der Waals surface area contributed by atoms with E-state index in [9.17, 15) is 18.4 Å². The summed E-state index contributed by atoms with van der Waals surface area (Å²) in [4.78, 5) is 23.9. The molecule has 0 saturated carbocycles. The minimum atomic E-state index is -2.90. The van der Waals surface area contributed by atoms with Gasteiger partial charge in [-0.25, -0.2) is 8.78 Å². The summed E-state index contributed by atoms with van der Waals surface area (Å²) in [7, 11) is 1.13. The summed E-state index contributed by atoms with van der Waals surface area (Å²) >= 11 is 0. The van der Waals surface area contributed by atoms with Gasteiger partial charge in [0.05, 0.1) is 12.7 Å². The van der Waals surface area contributed by atoms with Crippen molar-refractivity contribution in [1.82, 2.24) is 4.98 Å². The molecule has 1 N–H and O–H groups in total. The first kappa shape index (κ1) is 10.4. The molecule has 0 aliphatic heterocycles. The van der Waals surface area contributed by atoms with Gasteiger partial charge in [-0.1, -0.05) is 0 Å². The molecule has 0 aliphatic carbocycles. The number of pyridine rings is 1. The van der Waals surface area contributed by atoms with E-state index in [-0.39, 0.29) is 5.69 Å². The molecule has 76 valence electrons. The molecule has 1 rings (SSSR count). The molecule has 0 spiro atoms. The standard InChI is InChI=1S/C8H7F2NO3/c1-14-7-5(3-12)11-2-4(6(7)13)8(9)10/h2-3,8H,1H3,(H,11,13). The molecule has 4 nitrogen and oxygen atoms in total. The molecular formula is C8H7F2NO3. The molecular weight excluding hydrogens is 196 g/mol. The van der Waals surface area contributed by atoms with Crippen LogP contribution in [0.2, 0.25) is 0 Å². The van der Waals surface area contributed by atoms with Gasteiger partial charge in [0.15, 0.2) is 12.0 Å². The maximum Gasteiger partial charge on any atom is 0.269 e. The molecule has 0 aliphatic rings. The van der Waals surface area contributed by atoms with Crippen molar-refractivity contribution in [3.05, 3.63) is 27.7 Å². The zero-order chi connectivity index (χ0) is 10.7. The molecule has 0 radical (unpaired) electrons. The second kappa shape index (κ2) is 3.99. The largest absolute Gasteiger partial charge is 0.491 e. The molecule has 14 heavy (non-hydrogen) atoms. The van der Waals surface area contributed by atoms with E-state index in [2.05, 4.69) is 9.72 Å². The first-order valence-corrected chi connectivity index (χ1v) is 3.64. The normalized spacial score (nSPS) is 10.3. The number of aromatic nitrogens is 1. The summed E-state index contributed by atoms with van der Waals surface area (Å²) in [6.07, 6.45) is -1.76. The fourth-order valence-corrected chi connectivity index (χ4v) is 0.992. The van der Waals surface area contributed by atoms with Gasteiger partial charge in [-0.15, -0.1) is 0 Å². The van der Waals surface area contributed by atoms with Gasteiger partial charge in [0.2, 0.25) is 5.43 Å². The second-order valence-electron chi connectivity index (χ2n) is 2.44. The smallest absolute Gasteiger partial charge is 0.269 e. The van der Waals surface area contributed by atoms with Crippen molar-refractivity contribution in [2.75, 3.05) is 7.11 Å². The Morgan fingerprint density at radius 3 is 2.64 bits per heavy atom. The number of H-pyrrole nitrogens is 1. The van der Waals surface area contributed by atoms with Gasteiger partial charge < -0.3 is 9.72 Å². The molecule has 1 heterocycles. The molecule has 0 fully saturated rings. The van der Waals surface area contributed by atoms with Crippen LogP contribution in [0.25, 0.3) is 0 Å². The Bertz CT molecular complexity index is 400. The van der Waals surface area contributed by atoms with Crippen molar-refractivity contribution in [1.29, 1.82) is 0 Å². The van der Waals surface area contributed by atoms with Gasteiger partial charge in [-0.05, 0) is 0 Å². The number of aldehydes is 1. The Balaban J connectivity index is 3.43. The Morgan fingerprint density at radius 1 is 1.57 bits per heavy atom. The zero-order valence-electron chi connectivity index (χ0n) is 7.21. The molecule has 0 unspecified atom stereocenters. The first-order chi connectivity index (χ1) is 6.61. The molecule has 0 aromatic carbocycles. The summed E-state index contributed by atoms with van der Waals surface area (Å²) in [5, 5.41) is 0. The highest BCUT2D eigenvalue weighted by molar-refractivity contribution is 5.76. The Hall–Kier alpha value is -1.72. The van der Waals surface area contributed by atoms with E-state index in [0.717, 1.165) is 13.3 Å². The van der Waals surface area contributed by atoms with Gasteiger partial charge in [-0.2, -0.15) is 0 Å². The van der Waals surface area contributed by atoms with Crippen LogP contribution in [0.5, 0.6) is 5.75 Å². The predicted molar refractivity (Wildman–Crippen MR) is 44.0 cm³/mol. The van der Waals surface area contributed by atoms with Crippen LogP contribution in [-0.2, 0) is 0 Å². The number of carbonyl (C=O) groups is 1. The van der Waals surface area contributed by atoms with Crippen molar-refractivity contribution in [2.45, 2.75) is 6.43 Å². The van der Waals surface area contributed by atoms with E-state index in [0.29, 0.717) is 6.29 Å². The summed E-state index contributed by atoms with van der Waals surface area (Å²) in [6, 6.07) is 0. The number of rotatable bonds is 3. The highest BCUT2D eigenvalue weighted by Crippen LogP contribution is 2.17. The number of methoxy groups -OCH3 is 1. The Kier molecular flexibility index (Phi) is 2.95.